The fourth-order valence-corrected chi connectivity index (χ4v) is 1.59. The van der Waals surface area contributed by atoms with Gasteiger partial charge < -0.3 is 10.4 Å². The van der Waals surface area contributed by atoms with Crippen molar-refractivity contribution in [2.75, 3.05) is 0 Å². The third kappa shape index (κ3) is 3.07. The maximum Gasteiger partial charge on any atom is 0.255 e. The normalized spacial score (nSPS) is 10.2. The fraction of sp³-hybridized carbons (Fsp3) is 0.0714. The van der Waals surface area contributed by atoms with Crippen molar-refractivity contribution in [1.29, 1.82) is 0 Å². The van der Waals surface area contributed by atoms with Crippen molar-refractivity contribution in [3.63, 3.8) is 0 Å². The Morgan fingerprint density at radius 2 is 1.74 bits per heavy atom. The number of halogens is 2. The molecule has 2 aromatic rings. The molecule has 0 fully saturated rings. The summed E-state index contributed by atoms with van der Waals surface area (Å²) < 4.78 is 25.8. The lowest BCUT2D eigenvalue weighted by atomic mass is 10.1. The summed E-state index contributed by atoms with van der Waals surface area (Å²) in [6.07, 6.45) is 0. The molecule has 0 aliphatic carbocycles. The minimum atomic E-state index is -1.20. The second-order valence-corrected chi connectivity index (χ2v) is 3.95. The molecule has 5 heteroatoms. The van der Waals surface area contributed by atoms with Crippen LogP contribution >= 0.6 is 0 Å². The summed E-state index contributed by atoms with van der Waals surface area (Å²) >= 11 is 0. The second-order valence-electron chi connectivity index (χ2n) is 3.95. The molecule has 0 unspecified atom stereocenters. The Hall–Kier alpha value is -2.43. The number of carbonyl (C=O) groups excluding carboxylic acids is 1. The molecular weight excluding hydrogens is 252 g/mol. The van der Waals surface area contributed by atoms with Crippen LogP contribution in [0.3, 0.4) is 0 Å². The van der Waals surface area contributed by atoms with Gasteiger partial charge in [-0.3, -0.25) is 4.79 Å². The topological polar surface area (TPSA) is 49.3 Å². The SMILES string of the molecule is O=C(NCc1ccccc1)c1cc(F)c(F)cc1O. The van der Waals surface area contributed by atoms with Crippen molar-refractivity contribution in [3.8, 4) is 5.75 Å². The molecule has 0 saturated carbocycles. The monoisotopic (exact) mass is 263 g/mol. The van der Waals surface area contributed by atoms with E-state index in [0.717, 1.165) is 5.56 Å². The predicted octanol–water partition coefficient (Wildman–Crippen LogP) is 2.60. The molecule has 0 saturated heterocycles. The predicted molar refractivity (Wildman–Crippen MR) is 65.6 cm³/mol. The first kappa shape index (κ1) is 13.0. The van der Waals surface area contributed by atoms with E-state index in [4.69, 9.17) is 0 Å². The third-order valence-electron chi connectivity index (χ3n) is 2.58. The van der Waals surface area contributed by atoms with Crippen LogP contribution in [0.5, 0.6) is 5.75 Å². The van der Waals surface area contributed by atoms with E-state index in [1.54, 1.807) is 0 Å². The number of hydrogen-bond acceptors (Lipinski definition) is 2. The Morgan fingerprint density at radius 1 is 1.11 bits per heavy atom. The van der Waals surface area contributed by atoms with Crippen LogP contribution in [0.25, 0.3) is 0 Å². The number of benzene rings is 2. The summed E-state index contributed by atoms with van der Waals surface area (Å²) in [5.74, 6) is -3.63. The molecule has 0 bridgehead atoms. The zero-order valence-corrected chi connectivity index (χ0v) is 9.86. The van der Waals surface area contributed by atoms with Crippen molar-refractivity contribution in [2.24, 2.45) is 0 Å². The molecule has 19 heavy (non-hydrogen) atoms. The molecule has 0 heterocycles. The van der Waals surface area contributed by atoms with Gasteiger partial charge in [-0.25, -0.2) is 8.78 Å². The Kier molecular flexibility index (Phi) is 3.75. The van der Waals surface area contributed by atoms with Gasteiger partial charge in [-0.15, -0.1) is 0 Å². The maximum atomic E-state index is 13.0. The van der Waals surface area contributed by atoms with Gasteiger partial charge in [0, 0.05) is 12.6 Å². The maximum absolute atomic E-state index is 13.0. The average molecular weight is 263 g/mol. The van der Waals surface area contributed by atoms with Gasteiger partial charge in [-0.2, -0.15) is 0 Å². The second kappa shape index (κ2) is 5.48. The van der Waals surface area contributed by atoms with E-state index in [1.807, 2.05) is 30.3 Å². The number of carbonyl (C=O) groups is 1. The highest BCUT2D eigenvalue weighted by Gasteiger charge is 2.15. The van der Waals surface area contributed by atoms with Crippen molar-refractivity contribution in [3.05, 3.63) is 65.2 Å². The number of rotatable bonds is 3. The smallest absolute Gasteiger partial charge is 0.255 e. The van der Waals surface area contributed by atoms with E-state index >= 15 is 0 Å². The summed E-state index contributed by atoms with van der Waals surface area (Å²) in [4.78, 5) is 11.7. The summed E-state index contributed by atoms with van der Waals surface area (Å²) in [5, 5.41) is 11.9. The Balaban J connectivity index is 2.10. The van der Waals surface area contributed by atoms with Crippen LogP contribution in [0.1, 0.15) is 15.9 Å². The third-order valence-corrected chi connectivity index (χ3v) is 2.58. The van der Waals surface area contributed by atoms with Crippen molar-refractivity contribution < 1.29 is 18.7 Å². The molecule has 2 aromatic carbocycles. The number of phenolic OH excluding ortho intramolecular Hbond substituents is 1. The van der Waals surface area contributed by atoms with E-state index < -0.39 is 23.3 Å². The van der Waals surface area contributed by atoms with Gasteiger partial charge in [0.25, 0.3) is 5.91 Å². The number of amides is 1. The van der Waals surface area contributed by atoms with Crippen LogP contribution in [0, 0.1) is 11.6 Å². The first-order valence-corrected chi connectivity index (χ1v) is 5.58. The number of nitrogens with one attached hydrogen (secondary N) is 1. The minimum Gasteiger partial charge on any atom is -0.507 e. The molecule has 0 aromatic heterocycles. The number of hydrogen-bond donors (Lipinski definition) is 2. The molecule has 0 radical (unpaired) electrons. The quantitative estimate of drug-likeness (QED) is 0.894. The molecule has 3 nitrogen and oxygen atoms in total. The molecular formula is C14H11F2NO2. The van der Waals surface area contributed by atoms with E-state index in [-0.39, 0.29) is 12.1 Å². The van der Waals surface area contributed by atoms with Crippen LogP contribution in [0.4, 0.5) is 8.78 Å². The molecule has 0 aliphatic rings. The highest BCUT2D eigenvalue weighted by atomic mass is 19.2. The van der Waals surface area contributed by atoms with Gasteiger partial charge in [-0.05, 0) is 11.6 Å². The van der Waals surface area contributed by atoms with Gasteiger partial charge in [0.2, 0.25) is 0 Å². The Labute approximate surface area is 108 Å². The molecule has 0 atom stereocenters. The van der Waals surface area contributed by atoms with Crippen molar-refractivity contribution in [1.82, 2.24) is 5.32 Å². The summed E-state index contributed by atoms with van der Waals surface area (Å²) in [7, 11) is 0. The first-order valence-electron chi connectivity index (χ1n) is 5.58. The van der Waals surface area contributed by atoms with Gasteiger partial charge in [0.15, 0.2) is 11.6 Å². The molecule has 2 N–H and O–H groups in total. The molecule has 0 aliphatic heterocycles. The number of phenols is 1. The van der Waals surface area contributed by atoms with E-state index in [2.05, 4.69) is 5.32 Å². The average Bonchev–Trinajstić information content (AvgIpc) is 2.41. The largest absolute Gasteiger partial charge is 0.507 e. The van der Waals surface area contributed by atoms with Crippen LogP contribution in [-0.2, 0) is 6.54 Å². The van der Waals surface area contributed by atoms with Crippen molar-refractivity contribution >= 4 is 5.91 Å². The lowest BCUT2D eigenvalue weighted by Gasteiger charge is -2.07. The molecule has 98 valence electrons. The minimum absolute atomic E-state index is 0.234. The molecule has 2 rings (SSSR count). The van der Waals surface area contributed by atoms with E-state index in [1.165, 1.54) is 0 Å². The highest BCUT2D eigenvalue weighted by molar-refractivity contribution is 5.96. The fourth-order valence-electron chi connectivity index (χ4n) is 1.59. The standard InChI is InChI=1S/C14H11F2NO2/c15-11-6-10(13(18)7-12(11)16)14(19)17-8-9-4-2-1-3-5-9/h1-7,18H,8H2,(H,17,19). The van der Waals surface area contributed by atoms with Gasteiger partial charge >= 0.3 is 0 Å². The van der Waals surface area contributed by atoms with Crippen LogP contribution in [-0.4, -0.2) is 11.0 Å². The molecule has 0 spiro atoms. The Bertz CT molecular complexity index is 600. The van der Waals surface area contributed by atoms with Gasteiger partial charge in [-0.1, -0.05) is 30.3 Å². The summed E-state index contributed by atoms with van der Waals surface area (Å²) in [5.41, 5.74) is 0.563. The number of aromatic hydroxyl groups is 1. The van der Waals surface area contributed by atoms with Crippen molar-refractivity contribution in [2.45, 2.75) is 6.54 Å². The zero-order valence-electron chi connectivity index (χ0n) is 9.86. The first-order chi connectivity index (χ1) is 9.08. The summed E-state index contributed by atoms with van der Waals surface area (Å²) in [6.45, 7) is 0.234. The molecule has 1 amide bonds. The van der Waals surface area contributed by atoms with Crippen LogP contribution in [0.2, 0.25) is 0 Å². The summed E-state index contributed by atoms with van der Waals surface area (Å²) in [6, 6.07) is 10.3. The van der Waals surface area contributed by atoms with Crippen LogP contribution < -0.4 is 5.32 Å². The lowest BCUT2D eigenvalue weighted by molar-refractivity contribution is 0.0947. The highest BCUT2D eigenvalue weighted by Crippen LogP contribution is 2.20. The Morgan fingerprint density at radius 3 is 2.42 bits per heavy atom. The zero-order chi connectivity index (χ0) is 13.8. The van der Waals surface area contributed by atoms with Gasteiger partial charge in [0.05, 0.1) is 5.56 Å². The van der Waals surface area contributed by atoms with Crippen LogP contribution in [0.15, 0.2) is 42.5 Å². The lowest BCUT2D eigenvalue weighted by Crippen LogP contribution is -2.23. The van der Waals surface area contributed by atoms with E-state index in [9.17, 15) is 18.7 Å². The van der Waals surface area contributed by atoms with Gasteiger partial charge in [0.1, 0.15) is 5.75 Å². The van der Waals surface area contributed by atoms with E-state index in [0.29, 0.717) is 12.1 Å².